The van der Waals surface area contributed by atoms with Gasteiger partial charge in [-0.25, -0.2) is 0 Å². The fraction of sp³-hybridized carbons (Fsp3) is 0.429. The van der Waals surface area contributed by atoms with Gasteiger partial charge in [0.1, 0.15) is 0 Å². The number of benzene rings is 2. The number of aliphatic hydroxyl groups excluding tert-OH is 1. The SMILES string of the molecule is COc1c2c(cc3c1[C@@H](C[C@H](O)Cc1ccccc1)N(C)CC3)OCO2. The summed E-state index contributed by atoms with van der Waals surface area (Å²) in [6, 6.07) is 12.3. The Morgan fingerprint density at radius 2 is 2.08 bits per heavy atom. The van der Waals surface area contributed by atoms with Crippen LogP contribution in [0.2, 0.25) is 0 Å². The van der Waals surface area contributed by atoms with Crippen LogP contribution >= 0.6 is 0 Å². The monoisotopic (exact) mass is 355 g/mol. The van der Waals surface area contributed by atoms with Crippen LogP contribution < -0.4 is 14.2 Å². The molecule has 2 aromatic carbocycles. The smallest absolute Gasteiger partial charge is 0.231 e. The number of ether oxygens (including phenoxy) is 3. The highest BCUT2D eigenvalue weighted by Gasteiger charge is 2.34. The first-order valence-corrected chi connectivity index (χ1v) is 9.09. The van der Waals surface area contributed by atoms with Crippen LogP contribution in [0, 0.1) is 0 Å². The van der Waals surface area contributed by atoms with Gasteiger partial charge in [0.05, 0.1) is 13.2 Å². The quantitative estimate of drug-likeness (QED) is 0.894. The van der Waals surface area contributed by atoms with Crippen molar-refractivity contribution in [3.8, 4) is 17.2 Å². The van der Waals surface area contributed by atoms with Crippen molar-refractivity contribution in [2.24, 2.45) is 0 Å². The van der Waals surface area contributed by atoms with Crippen molar-refractivity contribution < 1.29 is 19.3 Å². The third-order valence-electron chi connectivity index (χ3n) is 5.36. The average Bonchev–Trinajstić information content (AvgIpc) is 3.11. The predicted octanol–water partition coefficient (Wildman–Crippen LogP) is 2.95. The highest BCUT2D eigenvalue weighted by Crippen LogP contribution is 2.50. The average molecular weight is 355 g/mol. The van der Waals surface area contributed by atoms with Crippen LogP contribution in [-0.2, 0) is 12.8 Å². The van der Waals surface area contributed by atoms with E-state index in [2.05, 4.69) is 30.1 Å². The standard InChI is InChI=1S/C21H25NO4/c1-22-9-8-15-11-18-20(26-13-25-18)21(24-2)19(15)17(22)12-16(23)10-14-6-4-3-5-7-14/h3-7,11,16-17,23H,8-10,12-13H2,1-2H3/t16-,17-/m1/s1. The molecule has 0 saturated carbocycles. The summed E-state index contributed by atoms with van der Waals surface area (Å²) in [4.78, 5) is 2.29. The molecule has 0 unspecified atom stereocenters. The molecule has 138 valence electrons. The number of hydrogen-bond donors (Lipinski definition) is 1. The Morgan fingerprint density at radius 3 is 2.85 bits per heavy atom. The van der Waals surface area contributed by atoms with E-state index < -0.39 is 6.10 Å². The molecule has 0 amide bonds. The Labute approximate surface area is 154 Å². The molecule has 5 nitrogen and oxygen atoms in total. The maximum Gasteiger partial charge on any atom is 0.231 e. The van der Waals surface area contributed by atoms with E-state index in [9.17, 15) is 5.11 Å². The summed E-state index contributed by atoms with van der Waals surface area (Å²) in [7, 11) is 3.77. The topological polar surface area (TPSA) is 51.2 Å². The van der Waals surface area contributed by atoms with Gasteiger partial charge in [-0.3, -0.25) is 4.90 Å². The maximum absolute atomic E-state index is 10.7. The number of aliphatic hydroxyl groups is 1. The lowest BCUT2D eigenvalue weighted by Gasteiger charge is -2.37. The van der Waals surface area contributed by atoms with Crippen molar-refractivity contribution in [3.63, 3.8) is 0 Å². The van der Waals surface area contributed by atoms with Crippen molar-refractivity contribution in [1.29, 1.82) is 0 Å². The molecule has 0 fully saturated rings. The van der Waals surface area contributed by atoms with Gasteiger partial charge in [-0.1, -0.05) is 30.3 Å². The molecule has 0 aliphatic carbocycles. The molecule has 2 aliphatic heterocycles. The molecule has 26 heavy (non-hydrogen) atoms. The van der Waals surface area contributed by atoms with Gasteiger partial charge >= 0.3 is 0 Å². The second-order valence-corrected chi connectivity index (χ2v) is 7.04. The third kappa shape index (κ3) is 3.13. The highest BCUT2D eigenvalue weighted by molar-refractivity contribution is 5.61. The molecule has 1 N–H and O–H groups in total. The zero-order chi connectivity index (χ0) is 18.1. The van der Waals surface area contributed by atoms with Crippen molar-refractivity contribution in [3.05, 3.63) is 53.1 Å². The lowest BCUT2D eigenvalue weighted by molar-refractivity contribution is 0.107. The van der Waals surface area contributed by atoms with E-state index in [1.54, 1.807) is 7.11 Å². The van der Waals surface area contributed by atoms with Crippen LogP contribution in [0.15, 0.2) is 36.4 Å². The van der Waals surface area contributed by atoms with Gasteiger partial charge in [-0.05, 0) is 43.5 Å². The van der Waals surface area contributed by atoms with Crippen LogP contribution in [0.1, 0.15) is 29.2 Å². The first-order valence-electron chi connectivity index (χ1n) is 9.09. The molecule has 0 radical (unpaired) electrons. The van der Waals surface area contributed by atoms with E-state index in [0.717, 1.165) is 35.6 Å². The minimum Gasteiger partial charge on any atom is -0.492 e. The largest absolute Gasteiger partial charge is 0.492 e. The molecular formula is C21H25NO4. The number of likely N-dealkylation sites (N-methyl/N-ethyl adjacent to an activating group) is 1. The van der Waals surface area contributed by atoms with E-state index >= 15 is 0 Å². The second kappa shape index (κ2) is 7.17. The zero-order valence-electron chi connectivity index (χ0n) is 15.3. The first kappa shape index (κ1) is 17.2. The summed E-state index contributed by atoms with van der Waals surface area (Å²) in [6.07, 6.45) is 1.80. The molecule has 5 heteroatoms. The molecule has 0 spiro atoms. The minimum atomic E-state index is -0.425. The first-order chi connectivity index (χ1) is 12.7. The number of rotatable bonds is 5. The van der Waals surface area contributed by atoms with Gasteiger partial charge in [-0.2, -0.15) is 0 Å². The Balaban J connectivity index is 1.63. The van der Waals surface area contributed by atoms with Crippen molar-refractivity contribution >= 4 is 0 Å². The molecular weight excluding hydrogens is 330 g/mol. The van der Waals surface area contributed by atoms with Crippen molar-refractivity contribution in [2.75, 3.05) is 27.5 Å². The molecule has 0 bridgehead atoms. The van der Waals surface area contributed by atoms with Gasteiger partial charge in [0.25, 0.3) is 0 Å². The van der Waals surface area contributed by atoms with Gasteiger partial charge in [0.2, 0.25) is 12.5 Å². The number of hydrogen-bond acceptors (Lipinski definition) is 5. The van der Waals surface area contributed by atoms with E-state index in [1.165, 1.54) is 5.56 Å². The summed E-state index contributed by atoms with van der Waals surface area (Å²) >= 11 is 0. The number of methoxy groups -OCH3 is 1. The Kier molecular flexibility index (Phi) is 4.74. The van der Waals surface area contributed by atoms with Gasteiger partial charge in [-0.15, -0.1) is 0 Å². The molecule has 0 aromatic heterocycles. The lowest BCUT2D eigenvalue weighted by atomic mass is 9.87. The molecule has 2 atom stereocenters. The van der Waals surface area contributed by atoms with Gasteiger partial charge < -0.3 is 19.3 Å². The van der Waals surface area contributed by atoms with E-state index in [1.807, 2.05) is 18.2 Å². The zero-order valence-corrected chi connectivity index (χ0v) is 15.3. The van der Waals surface area contributed by atoms with Crippen LogP contribution in [-0.4, -0.2) is 43.6 Å². The fourth-order valence-corrected chi connectivity index (χ4v) is 4.05. The summed E-state index contributed by atoms with van der Waals surface area (Å²) in [5, 5.41) is 10.7. The Morgan fingerprint density at radius 1 is 1.27 bits per heavy atom. The molecule has 2 aromatic rings. The summed E-state index contributed by atoms with van der Waals surface area (Å²) < 4.78 is 16.9. The Hall–Kier alpha value is -2.24. The number of fused-ring (bicyclic) bond motifs is 2. The molecule has 4 rings (SSSR count). The van der Waals surface area contributed by atoms with E-state index in [4.69, 9.17) is 14.2 Å². The summed E-state index contributed by atoms with van der Waals surface area (Å²) in [6.45, 7) is 1.17. The van der Waals surface area contributed by atoms with Crippen molar-refractivity contribution in [2.45, 2.75) is 31.4 Å². The van der Waals surface area contributed by atoms with E-state index in [0.29, 0.717) is 18.6 Å². The molecule has 2 aliphatic rings. The molecule has 0 saturated heterocycles. The van der Waals surface area contributed by atoms with Crippen LogP contribution in [0.4, 0.5) is 0 Å². The maximum atomic E-state index is 10.7. The van der Waals surface area contributed by atoms with Gasteiger partial charge in [0, 0.05) is 18.2 Å². The van der Waals surface area contributed by atoms with Crippen LogP contribution in [0.3, 0.4) is 0 Å². The second-order valence-electron chi connectivity index (χ2n) is 7.04. The Bertz CT molecular complexity index is 777. The third-order valence-corrected chi connectivity index (χ3v) is 5.36. The molecule has 2 heterocycles. The normalized spacial score (nSPS) is 19.9. The predicted molar refractivity (Wildman–Crippen MR) is 99.0 cm³/mol. The summed E-state index contributed by atoms with van der Waals surface area (Å²) in [5.74, 6) is 2.19. The lowest BCUT2D eigenvalue weighted by Crippen LogP contribution is -2.35. The van der Waals surface area contributed by atoms with Crippen LogP contribution in [0.25, 0.3) is 0 Å². The minimum absolute atomic E-state index is 0.0851. The number of nitrogens with zero attached hydrogens (tertiary/aromatic N) is 1. The highest BCUT2D eigenvalue weighted by atomic mass is 16.7. The van der Waals surface area contributed by atoms with E-state index in [-0.39, 0.29) is 12.8 Å². The fourth-order valence-electron chi connectivity index (χ4n) is 4.05. The summed E-state index contributed by atoms with van der Waals surface area (Å²) in [5.41, 5.74) is 3.50. The van der Waals surface area contributed by atoms with Gasteiger partial charge in [0.15, 0.2) is 11.5 Å². The van der Waals surface area contributed by atoms with Crippen molar-refractivity contribution in [1.82, 2.24) is 4.90 Å². The van der Waals surface area contributed by atoms with Crippen LogP contribution in [0.5, 0.6) is 17.2 Å².